The lowest BCUT2D eigenvalue weighted by Gasteiger charge is -2.29. The van der Waals surface area contributed by atoms with E-state index < -0.39 is 0 Å². The van der Waals surface area contributed by atoms with Crippen molar-refractivity contribution < 1.29 is 0 Å². The average Bonchev–Trinajstić information content (AvgIpc) is 2.55. The average molecular weight is 225 g/mol. The van der Waals surface area contributed by atoms with Crippen molar-refractivity contribution in [3.05, 3.63) is 11.1 Å². The van der Waals surface area contributed by atoms with Gasteiger partial charge in [-0.05, 0) is 25.8 Å². The third kappa shape index (κ3) is 3.18. The van der Waals surface area contributed by atoms with Crippen molar-refractivity contribution in [2.45, 2.75) is 25.7 Å². The SMILES string of the molecule is CN(CCc1csc(N)n1)CC1CCC1. The summed E-state index contributed by atoms with van der Waals surface area (Å²) in [6.07, 6.45) is 5.31. The van der Waals surface area contributed by atoms with Crippen molar-refractivity contribution >= 4 is 16.5 Å². The molecule has 1 aliphatic carbocycles. The van der Waals surface area contributed by atoms with E-state index in [2.05, 4.69) is 22.3 Å². The normalized spacial score (nSPS) is 16.9. The minimum atomic E-state index is 0.687. The predicted molar refractivity (Wildman–Crippen MR) is 65.1 cm³/mol. The van der Waals surface area contributed by atoms with Gasteiger partial charge in [-0.15, -0.1) is 11.3 Å². The van der Waals surface area contributed by atoms with E-state index in [1.807, 2.05) is 0 Å². The van der Waals surface area contributed by atoms with Crippen LogP contribution in [-0.4, -0.2) is 30.0 Å². The highest BCUT2D eigenvalue weighted by Crippen LogP contribution is 2.26. The van der Waals surface area contributed by atoms with E-state index in [1.165, 1.54) is 37.1 Å². The van der Waals surface area contributed by atoms with Crippen LogP contribution in [0.25, 0.3) is 0 Å². The second-order valence-corrected chi connectivity index (χ2v) is 5.38. The fourth-order valence-corrected chi connectivity index (χ4v) is 2.55. The number of nitrogen functional groups attached to an aromatic ring is 1. The highest BCUT2D eigenvalue weighted by atomic mass is 32.1. The van der Waals surface area contributed by atoms with E-state index in [1.54, 1.807) is 0 Å². The molecule has 1 saturated carbocycles. The van der Waals surface area contributed by atoms with Crippen LogP contribution in [0, 0.1) is 5.92 Å². The van der Waals surface area contributed by atoms with Gasteiger partial charge in [0, 0.05) is 24.9 Å². The highest BCUT2D eigenvalue weighted by Gasteiger charge is 2.18. The molecule has 1 aliphatic rings. The van der Waals surface area contributed by atoms with Crippen LogP contribution in [0.2, 0.25) is 0 Å². The Hall–Kier alpha value is -0.610. The first-order chi connectivity index (χ1) is 7.24. The van der Waals surface area contributed by atoms with Gasteiger partial charge in [-0.1, -0.05) is 6.42 Å². The fraction of sp³-hybridized carbons (Fsp3) is 0.727. The lowest BCUT2D eigenvalue weighted by molar-refractivity contribution is 0.206. The van der Waals surface area contributed by atoms with Gasteiger partial charge in [-0.25, -0.2) is 4.98 Å². The minimum Gasteiger partial charge on any atom is -0.375 e. The molecular formula is C11H19N3S. The molecule has 3 nitrogen and oxygen atoms in total. The molecule has 4 heteroatoms. The third-order valence-electron chi connectivity index (χ3n) is 3.11. The maximum atomic E-state index is 5.59. The number of nitrogens with two attached hydrogens (primary N) is 1. The summed E-state index contributed by atoms with van der Waals surface area (Å²) in [7, 11) is 2.20. The molecule has 1 heterocycles. The van der Waals surface area contributed by atoms with Gasteiger partial charge in [0.15, 0.2) is 5.13 Å². The molecule has 0 unspecified atom stereocenters. The number of rotatable bonds is 5. The summed E-state index contributed by atoms with van der Waals surface area (Å²) >= 11 is 1.53. The molecule has 84 valence electrons. The number of thiazole rings is 1. The van der Waals surface area contributed by atoms with E-state index in [0.717, 1.165) is 24.6 Å². The molecule has 0 atom stereocenters. The Morgan fingerprint density at radius 3 is 2.93 bits per heavy atom. The Balaban J connectivity index is 1.68. The van der Waals surface area contributed by atoms with Crippen LogP contribution in [0.3, 0.4) is 0 Å². The van der Waals surface area contributed by atoms with E-state index in [4.69, 9.17) is 5.73 Å². The van der Waals surface area contributed by atoms with Gasteiger partial charge in [0.25, 0.3) is 0 Å². The zero-order valence-corrected chi connectivity index (χ0v) is 10.1. The first-order valence-corrected chi connectivity index (χ1v) is 6.50. The summed E-state index contributed by atoms with van der Waals surface area (Å²) in [5, 5.41) is 2.75. The molecule has 0 saturated heterocycles. The summed E-state index contributed by atoms with van der Waals surface area (Å²) in [4.78, 5) is 6.68. The number of aromatic nitrogens is 1. The Labute approximate surface area is 95.3 Å². The standard InChI is InChI=1S/C11H19N3S/c1-14(7-9-3-2-4-9)6-5-10-8-15-11(12)13-10/h8-9H,2-7H2,1H3,(H2,12,13). The number of anilines is 1. The van der Waals surface area contributed by atoms with E-state index in [9.17, 15) is 0 Å². The Bertz CT molecular complexity index is 307. The molecule has 1 fully saturated rings. The molecule has 0 radical (unpaired) electrons. The minimum absolute atomic E-state index is 0.687. The quantitative estimate of drug-likeness (QED) is 0.833. The molecule has 1 aromatic heterocycles. The molecule has 15 heavy (non-hydrogen) atoms. The van der Waals surface area contributed by atoms with Gasteiger partial charge in [0.2, 0.25) is 0 Å². The molecular weight excluding hydrogens is 206 g/mol. The largest absolute Gasteiger partial charge is 0.375 e. The lowest BCUT2D eigenvalue weighted by atomic mass is 9.85. The lowest BCUT2D eigenvalue weighted by Crippen LogP contribution is -2.30. The number of hydrogen-bond acceptors (Lipinski definition) is 4. The summed E-state index contributed by atoms with van der Waals surface area (Å²) < 4.78 is 0. The molecule has 2 rings (SSSR count). The summed E-state index contributed by atoms with van der Waals surface area (Å²) in [6.45, 7) is 2.35. The second-order valence-electron chi connectivity index (χ2n) is 4.49. The molecule has 0 aliphatic heterocycles. The monoisotopic (exact) mass is 225 g/mol. The van der Waals surface area contributed by atoms with Gasteiger partial charge >= 0.3 is 0 Å². The summed E-state index contributed by atoms with van der Waals surface area (Å²) in [5.74, 6) is 0.954. The van der Waals surface area contributed by atoms with Crippen molar-refractivity contribution in [3.63, 3.8) is 0 Å². The third-order valence-corrected chi connectivity index (χ3v) is 3.84. The van der Waals surface area contributed by atoms with Crippen LogP contribution in [0.5, 0.6) is 0 Å². The topological polar surface area (TPSA) is 42.1 Å². The summed E-state index contributed by atoms with van der Waals surface area (Å²) in [5.41, 5.74) is 6.73. The van der Waals surface area contributed by atoms with Gasteiger partial charge in [0.05, 0.1) is 5.69 Å². The van der Waals surface area contributed by atoms with Crippen LogP contribution in [0.15, 0.2) is 5.38 Å². The van der Waals surface area contributed by atoms with Crippen molar-refractivity contribution in [1.29, 1.82) is 0 Å². The maximum absolute atomic E-state index is 5.59. The number of nitrogens with zero attached hydrogens (tertiary/aromatic N) is 2. The number of hydrogen-bond donors (Lipinski definition) is 1. The van der Waals surface area contributed by atoms with Gasteiger partial charge in [-0.3, -0.25) is 0 Å². The Morgan fingerprint density at radius 2 is 2.40 bits per heavy atom. The van der Waals surface area contributed by atoms with E-state index >= 15 is 0 Å². The van der Waals surface area contributed by atoms with Crippen LogP contribution >= 0.6 is 11.3 Å². The molecule has 0 amide bonds. The second kappa shape index (κ2) is 4.94. The zero-order chi connectivity index (χ0) is 10.7. The van der Waals surface area contributed by atoms with Gasteiger partial charge in [-0.2, -0.15) is 0 Å². The van der Waals surface area contributed by atoms with Gasteiger partial charge in [0.1, 0.15) is 0 Å². The summed E-state index contributed by atoms with van der Waals surface area (Å²) in [6, 6.07) is 0. The van der Waals surface area contributed by atoms with Crippen molar-refractivity contribution in [2.24, 2.45) is 5.92 Å². The van der Waals surface area contributed by atoms with E-state index in [0.29, 0.717) is 5.13 Å². The molecule has 1 aromatic rings. The Morgan fingerprint density at radius 1 is 1.60 bits per heavy atom. The smallest absolute Gasteiger partial charge is 0.180 e. The van der Waals surface area contributed by atoms with Crippen LogP contribution in [0.1, 0.15) is 25.0 Å². The first kappa shape index (κ1) is 10.9. The maximum Gasteiger partial charge on any atom is 0.180 e. The Kier molecular flexibility index (Phi) is 3.59. The number of likely N-dealkylation sites (N-methyl/N-ethyl adjacent to an activating group) is 1. The highest BCUT2D eigenvalue weighted by molar-refractivity contribution is 7.13. The van der Waals surface area contributed by atoms with Crippen LogP contribution in [0.4, 0.5) is 5.13 Å². The molecule has 0 aromatic carbocycles. The van der Waals surface area contributed by atoms with Crippen LogP contribution < -0.4 is 5.73 Å². The van der Waals surface area contributed by atoms with Crippen LogP contribution in [-0.2, 0) is 6.42 Å². The van der Waals surface area contributed by atoms with Crippen molar-refractivity contribution in [1.82, 2.24) is 9.88 Å². The molecule has 0 spiro atoms. The van der Waals surface area contributed by atoms with E-state index in [-0.39, 0.29) is 0 Å². The predicted octanol–water partition coefficient (Wildman–Crippen LogP) is 2.00. The zero-order valence-electron chi connectivity index (χ0n) is 9.28. The van der Waals surface area contributed by atoms with Crippen molar-refractivity contribution in [2.75, 3.05) is 25.9 Å². The van der Waals surface area contributed by atoms with Gasteiger partial charge < -0.3 is 10.6 Å². The first-order valence-electron chi connectivity index (χ1n) is 5.62. The molecule has 2 N–H and O–H groups in total. The fourth-order valence-electron chi connectivity index (χ4n) is 1.95. The molecule has 0 bridgehead atoms. The van der Waals surface area contributed by atoms with Crippen molar-refractivity contribution in [3.8, 4) is 0 Å².